The largest absolute Gasteiger partial charge is 0.496 e. The minimum Gasteiger partial charge on any atom is -0.496 e. The number of ether oxygens (including phenoxy) is 2. The molecule has 0 saturated carbocycles. The molecule has 0 aliphatic carbocycles. The highest BCUT2D eigenvalue weighted by atomic mass is 16.5. The van der Waals surface area contributed by atoms with Crippen molar-refractivity contribution in [3.05, 3.63) is 29.8 Å². The number of nitrogens with one attached hydrogen (secondary N) is 1. The van der Waals surface area contributed by atoms with Crippen LogP contribution in [0.4, 0.5) is 0 Å². The van der Waals surface area contributed by atoms with Gasteiger partial charge in [-0.05, 0) is 45.3 Å². The van der Waals surface area contributed by atoms with Crippen LogP contribution in [0, 0.1) is 5.92 Å². The van der Waals surface area contributed by atoms with E-state index in [0.29, 0.717) is 13.2 Å². The summed E-state index contributed by atoms with van der Waals surface area (Å²) in [6.07, 6.45) is 2.73. The molecule has 2 rings (SSSR count). The molecule has 1 saturated heterocycles. The Balaban J connectivity index is 0.000000656. The van der Waals surface area contributed by atoms with Crippen LogP contribution in [-0.4, -0.2) is 72.9 Å². The Morgan fingerprint density at radius 1 is 1.13 bits per heavy atom. The summed E-state index contributed by atoms with van der Waals surface area (Å²) in [5.41, 5.74) is 1.21. The van der Waals surface area contributed by atoms with Crippen LogP contribution in [0.5, 0.6) is 5.75 Å². The van der Waals surface area contributed by atoms with Crippen molar-refractivity contribution < 1.29 is 34.1 Å². The van der Waals surface area contributed by atoms with Crippen molar-refractivity contribution in [1.29, 1.82) is 0 Å². The van der Waals surface area contributed by atoms with Crippen molar-refractivity contribution in [3.63, 3.8) is 0 Å². The Morgan fingerprint density at radius 3 is 2.33 bits per heavy atom. The summed E-state index contributed by atoms with van der Waals surface area (Å²) in [5.74, 6) is -2.37. The Bertz CT molecular complexity index is 661. The molecule has 0 bridgehead atoms. The molecule has 0 aromatic heterocycles. The highest BCUT2D eigenvalue weighted by Gasteiger charge is 2.25. The van der Waals surface area contributed by atoms with E-state index in [1.807, 2.05) is 25.1 Å². The SMILES string of the molecule is CCOCCCNC(=O)C1CCN(Cc2ccccc2OC)CC1.O=C(O)C(=O)O. The molecular weight excluding hydrogens is 392 g/mol. The number of hydrogen-bond donors (Lipinski definition) is 3. The molecule has 0 atom stereocenters. The lowest BCUT2D eigenvalue weighted by Crippen LogP contribution is -2.40. The molecule has 1 aliphatic rings. The number of carbonyl (C=O) groups excluding carboxylic acids is 1. The number of benzene rings is 1. The van der Waals surface area contributed by atoms with E-state index in [1.165, 1.54) is 5.56 Å². The van der Waals surface area contributed by atoms with Crippen molar-refractivity contribution in [2.24, 2.45) is 5.92 Å². The molecular formula is C21H32N2O7. The van der Waals surface area contributed by atoms with Crippen LogP contribution in [0.1, 0.15) is 31.7 Å². The van der Waals surface area contributed by atoms with Crippen molar-refractivity contribution in [2.45, 2.75) is 32.7 Å². The van der Waals surface area contributed by atoms with Gasteiger partial charge in [0, 0.05) is 37.8 Å². The first-order valence-electron chi connectivity index (χ1n) is 10.0. The zero-order valence-corrected chi connectivity index (χ0v) is 17.6. The van der Waals surface area contributed by atoms with Crippen LogP contribution in [0.2, 0.25) is 0 Å². The topological polar surface area (TPSA) is 125 Å². The average molecular weight is 424 g/mol. The number of para-hydroxylation sites is 1. The Hall–Kier alpha value is -2.65. The number of piperidine rings is 1. The number of amides is 1. The number of aliphatic carboxylic acids is 2. The predicted molar refractivity (Wildman–Crippen MR) is 110 cm³/mol. The highest BCUT2D eigenvalue weighted by molar-refractivity contribution is 6.27. The van der Waals surface area contributed by atoms with Gasteiger partial charge in [-0.25, -0.2) is 9.59 Å². The first kappa shape index (κ1) is 25.4. The van der Waals surface area contributed by atoms with Gasteiger partial charge in [-0.3, -0.25) is 9.69 Å². The minimum atomic E-state index is -1.82. The van der Waals surface area contributed by atoms with E-state index >= 15 is 0 Å². The fourth-order valence-corrected chi connectivity index (χ4v) is 3.10. The summed E-state index contributed by atoms with van der Waals surface area (Å²) in [5, 5.41) is 17.8. The standard InChI is InChI=1S/C19H30N2O3.C2H2O4/c1-3-24-14-6-11-20-19(22)16-9-12-21(13-10-16)15-17-7-4-5-8-18(17)23-2;3-1(4)2(5)6/h4-5,7-8,16H,3,6,9-15H2,1-2H3,(H,20,22);(H,3,4)(H,5,6). The van der Waals surface area contributed by atoms with Gasteiger partial charge in [0.25, 0.3) is 0 Å². The monoisotopic (exact) mass is 424 g/mol. The smallest absolute Gasteiger partial charge is 0.414 e. The van der Waals surface area contributed by atoms with Crippen LogP contribution in [0.25, 0.3) is 0 Å². The maximum atomic E-state index is 12.2. The highest BCUT2D eigenvalue weighted by Crippen LogP contribution is 2.23. The predicted octanol–water partition coefficient (Wildman–Crippen LogP) is 1.61. The molecule has 1 fully saturated rings. The van der Waals surface area contributed by atoms with Crippen molar-refractivity contribution in [2.75, 3.05) is 40.0 Å². The number of carboxylic acids is 2. The third-order valence-electron chi connectivity index (χ3n) is 4.70. The molecule has 3 N–H and O–H groups in total. The van der Waals surface area contributed by atoms with Crippen molar-refractivity contribution >= 4 is 17.8 Å². The quantitative estimate of drug-likeness (QED) is 0.403. The molecule has 0 radical (unpaired) electrons. The third-order valence-corrected chi connectivity index (χ3v) is 4.70. The normalized spacial score (nSPS) is 14.3. The molecule has 1 aromatic rings. The average Bonchev–Trinajstić information content (AvgIpc) is 2.74. The summed E-state index contributed by atoms with van der Waals surface area (Å²) in [6.45, 7) is 6.93. The summed E-state index contributed by atoms with van der Waals surface area (Å²) >= 11 is 0. The van der Waals surface area contributed by atoms with Gasteiger partial charge >= 0.3 is 11.9 Å². The molecule has 1 heterocycles. The lowest BCUT2D eigenvalue weighted by molar-refractivity contribution is -0.159. The minimum absolute atomic E-state index is 0.144. The van der Waals surface area contributed by atoms with Gasteiger partial charge in [0.05, 0.1) is 7.11 Å². The third kappa shape index (κ3) is 9.71. The Kier molecular flexibility index (Phi) is 12.1. The molecule has 1 aromatic carbocycles. The van der Waals surface area contributed by atoms with Gasteiger partial charge < -0.3 is 25.0 Å². The van der Waals surface area contributed by atoms with E-state index in [0.717, 1.165) is 51.3 Å². The lowest BCUT2D eigenvalue weighted by atomic mass is 9.95. The van der Waals surface area contributed by atoms with Crippen LogP contribution < -0.4 is 10.1 Å². The van der Waals surface area contributed by atoms with E-state index < -0.39 is 11.9 Å². The van der Waals surface area contributed by atoms with E-state index in [1.54, 1.807) is 7.11 Å². The molecule has 30 heavy (non-hydrogen) atoms. The fraction of sp³-hybridized carbons (Fsp3) is 0.571. The summed E-state index contributed by atoms with van der Waals surface area (Å²) < 4.78 is 10.7. The number of methoxy groups -OCH3 is 1. The molecule has 1 aliphatic heterocycles. The maximum absolute atomic E-state index is 12.2. The molecule has 0 spiro atoms. The van der Waals surface area contributed by atoms with Gasteiger partial charge in [0.15, 0.2) is 0 Å². The number of hydrogen-bond acceptors (Lipinski definition) is 6. The number of rotatable bonds is 9. The molecule has 9 nitrogen and oxygen atoms in total. The lowest BCUT2D eigenvalue weighted by Gasteiger charge is -2.31. The number of likely N-dealkylation sites (tertiary alicyclic amines) is 1. The summed E-state index contributed by atoms with van der Waals surface area (Å²) in [6, 6.07) is 8.14. The van der Waals surface area contributed by atoms with Gasteiger partial charge in [-0.2, -0.15) is 0 Å². The number of nitrogens with zero attached hydrogens (tertiary/aromatic N) is 1. The molecule has 9 heteroatoms. The zero-order valence-electron chi connectivity index (χ0n) is 17.6. The van der Waals surface area contributed by atoms with Gasteiger partial charge in [0.1, 0.15) is 5.75 Å². The molecule has 168 valence electrons. The van der Waals surface area contributed by atoms with Crippen LogP contribution in [0.3, 0.4) is 0 Å². The second-order valence-electron chi connectivity index (χ2n) is 6.81. The number of carbonyl (C=O) groups is 3. The van der Waals surface area contributed by atoms with Gasteiger partial charge in [-0.15, -0.1) is 0 Å². The van der Waals surface area contributed by atoms with Crippen molar-refractivity contribution in [3.8, 4) is 5.75 Å². The molecule has 1 amide bonds. The first-order valence-corrected chi connectivity index (χ1v) is 10.0. The van der Waals surface area contributed by atoms with E-state index in [4.69, 9.17) is 29.3 Å². The van der Waals surface area contributed by atoms with E-state index in [2.05, 4.69) is 16.3 Å². The number of carboxylic acid groups (broad SMARTS) is 2. The van der Waals surface area contributed by atoms with E-state index in [9.17, 15) is 4.79 Å². The zero-order chi connectivity index (χ0) is 22.4. The van der Waals surface area contributed by atoms with Crippen LogP contribution in [-0.2, 0) is 25.7 Å². The van der Waals surface area contributed by atoms with Crippen molar-refractivity contribution in [1.82, 2.24) is 10.2 Å². The van der Waals surface area contributed by atoms with Crippen LogP contribution in [0.15, 0.2) is 24.3 Å². The second-order valence-corrected chi connectivity index (χ2v) is 6.81. The summed E-state index contributed by atoms with van der Waals surface area (Å²) in [4.78, 5) is 32.8. The molecule has 0 unspecified atom stereocenters. The fourth-order valence-electron chi connectivity index (χ4n) is 3.10. The van der Waals surface area contributed by atoms with E-state index in [-0.39, 0.29) is 11.8 Å². The maximum Gasteiger partial charge on any atom is 0.414 e. The first-order chi connectivity index (χ1) is 14.4. The Labute approximate surface area is 177 Å². The van der Waals surface area contributed by atoms with Gasteiger partial charge in [-0.1, -0.05) is 18.2 Å². The Morgan fingerprint density at radius 2 is 1.77 bits per heavy atom. The summed E-state index contributed by atoms with van der Waals surface area (Å²) in [7, 11) is 1.71. The van der Waals surface area contributed by atoms with Gasteiger partial charge in [0.2, 0.25) is 5.91 Å². The second kappa shape index (κ2) is 14.4. The van der Waals surface area contributed by atoms with Crippen LogP contribution >= 0.6 is 0 Å².